The average Bonchev–Trinajstić information content (AvgIpc) is 2.63. The summed E-state index contributed by atoms with van der Waals surface area (Å²) in [6.45, 7) is 5.47. The first-order valence-corrected chi connectivity index (χ1v) is 9.75. The van der Waals surface area contributed by atoms with Gasteiger partial charge in [-0.05, 0) is 33.1 Å². The highest BCUT2D eigenvalue weighted by Crippen LogP contribution is 2.67. The van der Waals surface area contributed by atoms with Gasteiger partial charge in [0.05, 0.1) is 18.1 Å². The van der Waals surface area contributed by atoms with Crippen molar-refractivity contribution in [2.75, 3.05) is 13.2 Å². The van der Waals surface area contributed by atoms with Crippen LogP contribution in [0.15, 0.2) is 0 Å². The number of thioether (sulfide) groups is 1. The highest BCUT2D eigenvalue weighted by Gasteiger charge is 2.60. The van der Waals surface area contributed by atoms with Gasteiger partial charge in [0.15, 0.2) is 0 Å². The summed E-state index contributed by atoms with van der Waals surface area (Å²) in [5.74, 6) is -0.138. The summed E-state index contributed by atoms with van der Waals surface area (Å²) in [6, 6.07) is 0. The van der Waals surface area contributed by atoms with Gasteiger partial charge in [0.25, 0.3) is 0 Å². The summed E-state index contributed by atoms with van der Waals surface area (Å²) in [5, 5.41) is 3.55. The Balaban J connectivity index is 1.90. The second kappa shape index (κ2) is 5.03. The lowest BCUT2D eigenvalue weighted by Crippen LogP contribution is -2.45. The number of rotatable bonds is 1. The molecule has 0 aromatic carbocycles. The van der Waals surface area contributed by atoms with Crippen molar-refractivity contribution >= 4 is 19.4 Å². The molecule has 110 valence electrons. The van der Waals surface area contributed by atoms with E-state index >= 15 is 0 Å². The Morgan fingerprint density at radius 3 is 2.37 bits per heavy atom. The standard InChI is InChI=1S/C13H24NO3PS/c1-12(2)14-11(18(15)16-9-6-10-17-18)13(19-12)7-4-3-5-8-13/h11,14H,3-10H2,1-2H3. The molecule has 0 amide bonds. The van der Waals surface area contributed by atoms with Crippen LogP contribution >= 0.6 is 19.4 Å². The number of hydrogen-bond donors (Lipinski definition) is 1. The Bertz CT molecular complexity index is 385. The van der Waals surface area contributed by atoms with E-state index in [1.54, 1.807) is 0 Å². The third-order valence-electron chi connectivity index (χ3n) is 4.29. The topological polar surface area (TPSA) is 47.6 Å². The van der Waals surface area contributed by atoms with Crippen LogP contribution in [0.5, 0.6) is 0 Å². The van der Waals surface area contributed by atoms with Crippen LogP contribution < -0.4 is 5.32 Å². The molecule has 2 aliphatic heterocycles. The Labute approximate surface area is 119 Å². The van der Waals surface area contributed by atoms with Gasteiger partial charge in [0.1, 0.15) is 5.78 Å². The Kier molecular flexibility index (Phi) is 3.81. The lowest BCUT2D eigenvalue weighted by molar-refractivity contribution is 0.131. The molecule has 1 aliphatic carbocycles. The van der Waals surface area contributed by atoms with Gasteiger partial charge in [-0.25, -0.2) is 0 Å². The molecule has 2 heterocycles. The molecular formula is C13H24NO3PS. The molecule has 1 spiro atoms. The second-order valence-electron chi connectivity index (χ2n) is 6.34. The molecule has 1 unspecified atom stereocenters. The predicted molar refractivity (Wildman–Crippen MR) is 78.5 cm³/mol. The molecule has 6 heteroatoms. The summed E-state index contributed by atoms with van der Waals surface area (Å²) in [5.41, 5.74) is 0. The summed E-state index contributed by atoms with van der Waals surface area (Å²) in [7, 11) is -3.01. The molecule has 1 saturated carbocycles. The molecule has 0 radical (unpaired) electrons. The van der Waals surface area contributed by atoms with Gasteiger partial charge in [-0.2, -0.15) is 0 Å². The molecule has 0 aromatic rings. The molecule has 3 aliphatic rings. The van der Waals surface area contributed by atoms with E-state index < -0.39 is 7.60 Å². The summed E-state index contributed by atoms with van der Waals surface area (Å²) in [6.07, 6.45) is 6.83. The minimum Gasteiger partial charge on any atom is -0.307 e. The predicted octanol–water partition coefficient (Wildman–Crippen LogP) is 3.72. The van der Waals surface area contributed by atoms with Crippen molar-refractivity contribution in [3.63, 3.8) is 0 Å². The molecule has 0 bridgehead atoms. The van der Waals surface area contributed by atoms with Crippen molar-refractivity contribution in [2.45, 2.75) is 67.8 Å². The van der Waals surface area contributed by atoms with Gasteiger partial charge in [-0.15, -0.1) is 11.8 Å². The van der Waals surface area contributed by atoms with Crippen LogP contribution in [0.3, 0.4) is 0 Å². The fraction of sp³-hybridized carbons (Fsp3) is 1.00. The number of hydrogen-bond acceptors (Lipinski definition) is 5. The minimum atomic E-state index is -3.01. The Hall–Kier alpha value is 0.460. The van der Waals surface area contributed by atoms with E-state index in [0.717, 1.165) is 19.3 Å². The van der Waals surface area contributed by atoms with E-state index in [1.165, 1.54) is 19.3 Å². The van der Waals surface area contributed by atoms with Crippen LogP contribution in [0.2, 0.25) is 0 Å². The van der Waals surface area contributed by atoms with Gasteiger partial charge in [-0.3, -0.25) is 9.88 Å². The molecule has 3 rings (SSSR count). The highest BCUT2D eigenvalue weighted by molar-refractivity contribution is 8.02. The number of nitrogens with one attached hydrogen (secondary N) is 1. The first-order chi connectivity index (χ1) is 8.96. The maximum Gasteiger partial charge on any atom is 0.348 e. The van der Waals surface area contributed by atoms with Crippen molar-refractivity contribution in [1.82, 2.24) is 5.32 Å². The zero-order valence-corrected chi connectivity index (χ0v) is 13.5. The third kappa shape index (κ3) is 2.65. The van der Waals surface area contributed by atoms with Gasteiger partial charge < -0.3 is 9.05 Å². The molecule has 19 heavy (non-hydrogen) atoms. The van der Waals surface area contributed by atoms with Crippen LogP contribution in [0.1, 0.15) is 52.4 Å². The summed E-state index contributed by atoms with van der Waals surface area (Å²) < 4.78 is 24.4. The van der Waals surface area contributed by atoms with E-state index in [4.69, 9.17) is 9.05 Å². The van der Waals surface area contributed by atoms with Crippen LogP contribution in [0, 0.1) is 0 Å². The quantitative estimate of drug-likeness (QED) is 0.748. The highest BCUT2D eigenvalue weighted by atomic mass is 32.2. The molecule has 1 atom stereocenters. The maximum atomic E-state index is 13.1. The van der Waals surface area contributed by atoms with E-state index in [0.29, 0.717) is 13.2 Å². The van der Waals surface area contributed by atoms with E-state index in [-0.39, 0.29) is 15.4 Å². The Morgan fingerprint density at radius 2 is 1.74 bits per heavy atom. The normalized spacial score (nSPS) is 36.4. The fourth-order valence-electron chi connectivity index (χ4n) is 3.58. The lowest BCUT2D eigenvalue weighted by Gasteiger charge is -2.40. The monoisotopic (exact) mass is 305 g/mol. The van der Waals surface area contributed by atoms with Crippen molar-refractivity contribution in [2.24, 2.45) is 0 Å². The SMILES string of the molecule is CC1(C)NC(P2(=O)OCCCO2)C2(CCCCC2)S1. The lowest BCUT2D eigenvalue weighted by atomic mass is 9.88. The van der Waals surface area contributed by atoms with Crippen LogP contribution in [0.25, 0.3) is 0 Å². The summed E-state index contributed by atoms with van der Waals surface area (Å²) in [4.78, 5) is -0.0520. The van der Waals surface area contributed by atoms with E-state index in [2.05, 4.69) is 19.2 Å². The van der Waals surface area contributed by atoms with Gasteiger partial charge in [0.2, 0.25) is 0 Å². The Morgan fingerprint density at radius 1 is 1.11 bits per heavy atom. The smallest absolute Gasteiger partial charge is 0.307 e. The first-order valence-electron chi connectivity index (χ1n) is 7.33. The van der Waals surface area contributed by atoms with Gasteiger partial charge >= 0.3 is 7.60 Å². The van der Waals surface area contributed by atoms with Crippen molar-refractivity contribution < 1.29 is 13.6 Å². The van der Waals surface area contributed by atoms with E-state index in [9.17, 15) is 4.57 Å². The molecule has 1 N–H and O–H groups in total. The van der Waals surface area contributed by atoms with Crippen molar-refractivity contribution in [3.05, 3.63) is 0 Å². The maximum absolute atomic E-state index is 13.1. The third-order valence-corrected chi connectivity index (χ3v) is 8.48. The summed E-state index contributed by atoms with van der Waals surface area (Å²) >= 11 is 1.95. The van der Waals surface area contributed by atoms with Crippen LogP contribution in [-0.4, -0.2) is 28.6 Å². The molecule has 2 saturated heterocycles. The first kappa shape index (κ1) is 14.4. The zero-order chi connectivity index (χ0) is 13.6. The van der Waals surface area contributed by atoms with Crippen LogP contribution in [0.4, 0.5) is 0 Å². The average molecular weight is 305 g/mol. The molecule has 0 aromatic heterocycles. The molecular weight excluding hydrogens is 281 g/mol. The largest absolute Gasteiger partial charge is 0.348 e. The van der Waals surface area contributed by atoms with Gasteiger partial charge in [-0.1, -0.05) is 19.3 Å². The van der Waals surface area contributed by atoms with E-state index in [1.807, 2.05) is 11.8 Å². The van der Waals surface area contributed by atoms with Crippen LogP contribution in [-0.2, 0) is 13.6 Å². The van der Waals surface area contributed by atoms with Gasteiger partial charge in [0, 0.05) is 4.75 Å². The molecule has 4 nitrogen and oxygen atoms in total. The fourth-order valence-corrected chi connectivity index (χ4v) is 8.52. The zero-order valence-electron chi connectivity index (χ0n) is 11.8. The minimum absolute atomic E-state index is 0.0363. The van der Waals surface area contributed by atoms with Crippen molar-refractivity contribution in [3.8, 4) is 0 Å². The van der Waals surface area contributed by atoms with Crippen molar-refractivity contribution in [1.29, 1.82) is 0 Å². The second-order valence-corrected chi connectivity index (χ2v) is 10.5. The molecule has 3 fully saturated rings.